The maximum Gasteiger partial charge on any atom is 0.433 e. The van der Waals surface area contributed by atoms with E-state index in [0.717, 1.165) is 25.2 Å². The molecule has 2 bridgehead atoms. The normalized spacial score (nSPS) is 34.7. The Kier molecular flexibility index (Phi) is 3.91. The average Bonchev–Trinajstić information content (AvgIpc) is 2.84. The van der Waals surface area contributed by atoms with E-state index >= 15 is 0 Å². The van der Waals surface area contributed by atoms with Crippen LogP contribution in [0.1, 0.15) is 38.3 Å². The molecule has 3 atom stereocenters. The third-order valence-electron chi connectivity index (χ3n) is 5.72. The summed E-state index contributed by atoms with van der Waals surface area (Å²) in [7, 11) is 1.78. The van der Waals surface area contributed by atoms with Crippen molar-refractivity contribution < 1.29 is 22.7 Å². The van der Waals surface area contributed by atoms with E-state index in [-0.39, 0.29) is 18.0 Å². The molecule has 26 heavy (non-hydrogen) atoms. The van der Waals surface area contributed by atoms with Crippen LogP contribution >= 0.6 is 0 Å². The predicted molar refractivity (Wildman–Crippen MR) is 86.5 cm³/mol. The number of fused-ring (bicyclic) bond motifs is 2. The van der Waals surface area contributed by atoms with Gasteiger partial charge in [-0.15, -0.1) is 0 Å². The summed E-state index contributed by atoms with van der Waals surface area (Å²) in [6, 6.07) is 1.14. The van der Waals surface area contributed by atoms with E-state index in [1.165, 1.54) is 0 Å². The Hall–Kier alpha value is -1.90. The molecule has 3 unspecified atom stereocenters. The molecule has 1 aromatic heterocycles. The summed E-state index contributed by atoms with van der Waals surface area (Å²) in [5.74, 6) is 0.291. The van der Waals surface area contributed by atoms with Gasteiger partial charge in [-0.3, -0.25) is 4.79 Å². The second kappa shape index (κ2) is 5.80. The van der Waals surface area contributed by atoms with Crippen molar-refractivity contribution in [3.05, 3.63) is 18.1 Å². The number of nitrogens with zero attached hydrogens (tertiary/aromatic N) is 4. The fourth-order valence-electron chi connectivity index (χ4n) is 4.83. The van der Waals surface area contributed by atoms with E-state index in [9.17, 15) is 18.0 Å². The number of piperidine rings is 1. The monoisotopic (exact) mass is 370 g/mol. The lowest BCUT2D eigenvalue weighted by atomic mass is 9.84. The van der Waals surface area contributed by atoms with Gasteiger partial charge in [-0.05, 0) is 32.6 Å². The molecule has 3 fully saturated rings. The SMILES string of the molecule is CC1OC2(CC3CCC(C2)N3c2cc(C(F)(F)F)ncn2)CN(C)C1=O. The highest BCUT2D eigenvalue weighted by Gasteiger charge is 2.53. The Balaban J connectivity index is 1.59. The molecule has 0 radical (unpaired) electrons. The summed E-state index contributed by atoms with van der Waals surface area (Å²) < 4.78 is 45.1. The quantitative estimate of drug-likeness (QED) is 0.759. The number of rotatable bonds is 1. The number of hydrogen-bond donors (Lipinski definition) is 0. The van der Waals surface area contributed by atoms with Gasteiger partial charge in [0.2, 0.25) is 0 Å². The minimum atomic E-state index is -4.49. The zero-order valence-corrected chi connectivity index (χ0v) is 14.7. The summed E-state index contributed by atoms with van der Waals surface area (Å²) in [5, 5.41) is 0. The number of carbonyl (C=O) groups is 1. The van der Waals surface area contributed by atoms with Gasteiger partial charge >= 0.3 is 6.18 Å². The number of ether oxygens (including phenoxy) is 1. The zero-order valence-electron chi connectivity index (χ0n) is 14.7. The van der Waals surface area contributed by atoms with Crippen LogP contribution in [-0.4, -0.2) is 58.2 Å². The first-order valence-electron chi connectivity index (χ1n) is 8.79. The highest BCUT2D eigenvalue weighted by molar-refractivity contribution is 5.81. The van der Waals surface area contributed by atoms with Gasteiger partial charge in [0.05, 0.1) is 5.60 Å². The van der Waals surface area contributed by atoms with E-state index in [0.29, 0.717) is 25.2 Å². The van der Waals surface area contributed by atoms with E-state index in [1.54, 1.807) is 18.9 Å². The molecule has 4 heterocycles. The second-order valence-corrected chi connectivity index (χ2v) is 7.60. The number of likely N-dealkylation sites (N-methyl/N-ethyl adjacent to an activating group) is 1. The van der Waals surface area contributed by atoms with Gasteiger partial charge in [-0.25, -0.2) is 9.97 Å². The van der Waals surface area contributed by atoms with Gasteiger partial charge in [0.15, 0.2) is 0 Å². The summed E-state index contributed by atoms with van der Waals surface area (Å²) in [6.45, 7) is 2.28. The van der Waals surface area contributed by atoms with Crippen molar-refractivity contribution in [1.82, 2.24) is 14.9 Å². The van der Waals surface area contributed by atoms with Crippen LogP contribution in [0, 0.1) is 0 Å². The maximum atomic E-state index is 13.0. The van der Waals surface area contributed by atoms with Gasteiger partial charge in [0.1, 0.15) is 23.9 Å². The highest BCUT2D eigenvalue weighted by atomic mass is 19.4. The number of morpholine rings is 1. The van der Waals surface area contributed by atoms with Crippen molar-refractivity contribution in [2.24, 2.45) is 0 Å². The lowest BCUT2D eigenvalue weighted by Gasteiger charge is -2.51. The Morgan fingerprint density at radius 1 is 1.23 bits per heavy atom. The number of alkyl halides is 3. The molecule has 6 nitrogen and oxygen atoms in total. The second-order valence-electron chi connectivity index (χ2n) is 7.60. The van der Waals surface area contributed by atoms with E-state index in [2.05, 4.69) is 9.97 Å². The zero-order chi connectivity index (χ0) is 18.7. The van der Waals surface area contributed by atoms with Gasteiger partial charge in [-0.2, -0.15) is 13.2 Å². The minimum Gasteiger partial charge on any atom is -0.360 e. The van der Waals surface area contributed by atoms with Gasteiger partial charge in [0, 0.05) is 31.7 Å². The van der Waals surface area contributed by atoms with Crippen LogP contribution in [0.2, 0.25) is 0 Å². The molecule has 3 saturated heterocycles. The standard InChI is InChI=1S/C17H21F3N4O2/c1-10-15(25)23(2)8-16(26-10)6-11-3-4-12(7-16)24(11)14-5-13(17(18,19)20)21-9-22-14/h5,9-12H,3-4,6-8H2,1-2H3. The van der Waals surface area contributed by atoms with E-state index < -0.39 is 23.6 Å². The van der Waals surface area contributed by atoms with Gasteiger partial charge in [0.25, 0.3) is 5.91 Å². The third-order valence-corrected chi connectivity index (χ3v) is 5.72. The van der Waals surface area contributed by atoms with Crippen LogP contribution in [-0.2, 0) is 15.7 Å². The summed E-state index contributed by atoms with van der Waals surface area (Å²) in [4.78, 5) is 23.2. The smallest absolute Gasteiger partial charge is 0.360 e. The molecule has 1 aromatic rings. The number of hydrogen-bond acceptors (Lipinski definition) is 5. The third kappa shape index (κ3) is 2.82. The molecule has 1 amide bonds. The summed E-state index contributed by atoms with van der Waals surface area (Å²) in [5.41, 5.74) is -1.35. The van der Waals surface area contributed by atoms with Crippen LogP contribution in [0.3, 0.4) is 0 Å². The lowest BCUT2D eigenvalue weighted by molar-refractivity contribution is -0.184. The molecular weight excluding hydrogens is 349 g/mol. The van der Waals surface area contributed by atoms with Crippen LogP contribution in [0.15, 0.2) is 12.4 Å². The van der Waals surface area contributed by atoms with Crippen LogP contribution < -0.4 is 4.90 Å². The van der Waals surface area contributed by atoms with Crippen molar-refractivity contribution in [1.29, 1.82) is 0 Å². The topological polar surface area (TPSA) is 58.6 Å². The van der Waals surface area contributed by atoms with E-state index in [4.69, 9.17) is 4.74 Å². The minimum absolute atomic E-state index is 0.0315. The highest BCUT2D eigenvalue weighted by Crippen LogP contribution is 2.46. The molecular formula is C17H21F3N4O2. The number of halogens is 3. The number of carbonyl (C=O) groups excluding carboxylic acids is 1. The number of anilines is 1. The molecule has 142 valence electrons. The first-order valence-corrected chi connectivity index (χ1v) is 8.79. The fourth-order valence-corrected chi connectivity index (χ4v) is 4.83. The molecule has 0 saturated carbocycles. The fraction of sp³-hybridized carbons (Fsp3) is 0.706. The van der Waals surface area contributed by atoms with Gasteiger partial charge in [-0.1, -0.05) is 0 Å². The Labute approximate surface area is 149 Å². The average molecular weight is 370 g/mol. The maximum absolute atomic E-state index is 13.0. The van der Waals surface area contributed by atoms with Crippen LogP contribution in [0.25, 0.3) is 0 Å². The van der Waals surface area contributed by atoms with Crippen LogP contribution in [0.4, 0.5) is 19.0 Å². The van der Waals surface area contributed by atoms with Crippen molar-refractivity contribution in [2.75, 3.05) is 18.5 Å². The summed E-state index contributed by atoms with van der Waals surface area (Å²) in [6.07, 6.45) is -0.879. The van der Waals surface area contributed by atoms with Crippen molar-refractivity contribution in [3.8, 4) is 0 Å². The van der Waals surface area contributed by atoms with Crippen molar-refractivity contribution in [2.45, 2.75) is 62.6 Å². The molecule has 0 aromatic carbocycles. The Bertz CT molecular complexity index is 696. The number of aromatic nitrogens is 2. The Morgan fingerprint density at radius 2 is 1.88 bits per heavy atom. The Morgan fingerprint density at radius 3 is 2.46 bits per heavy atom. The molecule has 0 aliphatic carbocycles. The molecule has 3 aliphatic rings. The number of amides is 1. The molecule has 9 heteroatoms. The lowest BCUT2D eigenvalue weighted by Crippen LogP contribution is -2.63. The van der Waals surface area contributed by atoms with Crippen molar-refractivity contribution in [3.63, 3.8) is 0 Å². The molecule has 4 rings (SSSR count). The van der Waals surface area contributed by atoms with Gasteiger partial charge < -0.3 is 14.5 Å². The van der Waals surface area contributed by atoms with Crippen molar-refractivity contribution >= 4 is 11.7 Å². The molecule has 1 spiro atoms. The first-order chi connectivity index (χ1) is 12.2. The predicted octanol–water partition coefficient (Wildman–Crippen LogP) is 2.24. The molecule has 0 N–H and O–H groups in total. The molecule has 3 aliphatic heterocycles. The van der Waals surface area contributed by atoms with Crippen LogP contribution in [0.5, 0.6) is 0 Å². The summed E-state index contributed by atoms with van der Waals surface area (Å²) >= 11 is 0. The first kappa shape index (κ1) is 17.5. The van der Waals surface area contributed by atoms with E-state index in [1.807, 2.05) is 4.90 Å². The largest absolute Gasteiger partial charge is 0.433 e.